The van der Waals surface area contributed by atoms with E-state index < -0.39 is 5.97 Å². The lowest BCUT2D eigenvalue weighted by Gasteiger charge is -2.34. The highest BCUT2D eigenvalue weighted by Crippen LogP contribution is 2.35. The minimum atomic E-state index is -0.715. The summed E-state index contributed by atoms with van der Waals surface area (Å²) in [7, 11) is 0. The zero-order chi connectivity index (χ0) is 13.0. The topological polar surface area (TPSA) is 40.5 Å². The first-order valence-corrected chi connectivity index (χ1v) is 6.41. The summed E-state index contributed by atoms with van der Waals surface area (Å²) in [5.41, 5.74) is 2.04. The molecule has 1 aliphatic heterocycles. The molecule has 0 saturated heterocycles. The molecule has 0 radical (unpaired) electrons. The van der Waals surface area contributed by atoms with Crippen LogP contribution in [0.3, 0.4) is 0 Å². The van der Waals surface area contributed by atoms with Crippen LogP contribution in [0.1, 0.15) is 30.7 Å². The quantitative estimate of drug-likeness (QED) is 0.640. The van der Waals surface area contributed by atoms with Gasteiger partial charge in [-0.15, -0.1) is 6.58 Å². The van der Waals surface area contributed by atoms with E-state index in [-0.39, 0.29) is 5.92 Å². The minimum Gasteiger partial charge on any atom is -0.481 e. The van der Waals surface area contributed by atoms with Gasteiger partial charge in [-0.1, -0.05) is 24.3 Å². The average Bonchev–Trinajstić information content (AvgIpc) is 2.38. The van der Waals surface area contributed by atoms with Crippen molar-refractivity contribution in [2.24, 2.45) is 0 Å². The summed E-state index contributed by atoms with van der Waals surface area (Å²) >= 11 is 0. The predicted octanol–water partition coefficient (Wildman–Crippen LogP) is 3.03. The van der Waals surface area contributed by atoms with E-state index in [1.807, 2.05) is 30.3 Å². The number of carbonyl (C=O) groups is 1. The van der Waals surface area contributed by atoms with Gasteiger partial charge < -0.3 is 10.0 Å². The Bertz CT molecular complexity index is 442. The van der Waals surface area contributed by atoms with Crippen LogP contribution in [0.4, 0.5) is 5.69 Å². The molecule has 0 bridgehead atoms. The number of carboxylic acids is 1. The first kappa shape index (κ1) is 12.7. The van der Waals surface area contributed by atoms with Gasteiger partial charge in [0.2, 0.25) is 0 Å². The Labute approximate surface area is 108 Å². The van der Waals surface area contributed by atoms with E-state index in [4.69, 9.17) is 0 Å². The van der Waals surface area contributed by atoms with Gasteiger partial charge >= 0.3 is 5.97 Å². The zero-order valence-electron chi connectivity index (χ0n) is 10.5. The van der Waals surface area contributed by atoms with Crippen molar-refractivity contribution in [1.82, 2.24) is 0 Å². The number of aliphatic carboxylic acids is 1. The first-order valence-electron chi connectivity index (χ1n) is 6.41. The summed E-state index contributed by atoms with van der Waals surface area (Å²) in [6.07, 6.45) is 4.69. The zero-order valence-corrected chi connectivity index (χ0v) is 10.5. The second-order valence-corrected chi connectivity index (χ2v) is 4.66. The lowest BCUT2D eigenvalue weighted by molar-refractivity contribution is -0.139. The molecule has 1 atom stereocenters. The van der Waals surface area contributed by atoms with E-state index in [1.54, 1.807) is 0 Å². The average molecular weight is 245 g/mol. The highest BCUT2D eigenvalue weighted by atomic mass is 16.4. The van der Waals surface area contributed by atoms with Gasteiger partial charge in [0, 0.05) is 18.8 Å². The van der Waals surface area contributed by atoms with Crippen LogP contribution in [-0.4, -0.2) is 24.2 Å². The van der Waals surface area contributed by atoms with Gasteiger partial charge in [-0.25, -0.2) is 0 Å². The number of anilines is 1. The van der Waals surface area contributed by atoms with Crippen LogP contribution in [0.25, 0.3) is 0 Å². The number of rotatable bonds is 5. The van der Waals surface area contributed by atoms with Crippen LogP contribution < -0.4 is 4.90 Å². The van der Waals surface area contributed by atoms with Crippen LogP contribution in [0, 0.1) is 0 Å². The normalized spacial score (nSPS) is 18.2. The minimum absolute atomic E-state index is 0.350. The van der Waals surface area contributed by atoms with Crippen molar-refractivity contribution >= 4 is 11.7 Å². The van der Waals surface area contributed by atoms with E-state index in [2.05, 4.69) is 11.5 Å². The maximum absolute atomic E-state index is 11.3. The number of hydrogen-bond acceptors (Lipinski definition) is 2. The van der Waals surface area contributed by atoms with E-state index in [1.165, 1.54) is 0 Å². The second-order valence-electron chi connectivity index (χ2n) is 4.66. The molecule has 3 heteroatoms. The third-order valence-corrected chi connectivity index (χ3v) is 3.47. The van der Waals surface area contributed by atoms with Crippen LogP contribution >= 0.6 is 0 Å². The van der Waals surface area contributed by atoms with E-state index in [0.29, 0.717) is 6.42 Å². The number of para-hydroxylation sites is 1. The largest absolute Gasteiger partial charge is 0.481 e. The van der Waals surface area contributed by atoms with Gasteiger partial charge in [-0.3, -0.25) is 4.79 Å². The van der Waals surface area contributed by atoms with Crippen molar-refractivity contribution < 1.29 is 9.90 Å². The Balaban J connectivity index is 2.19. The Kier molecular flexibility index (Phi) is 4.03. The summed E-state index contributed by atoms with van der Waals surface area (Å²) in [6.45, 7) is 5.52. The summed E-state index contributed by atoms with van der Waals surface area (Å²) < 4.78 is 0. The molecule has 1 aromatic carbocycles. The maximum Gasteiger partial charge on any atom is 0.311 e. The van der Waals surface area contributed by atoms with Gasteiger partial charge in [0.1, 0.15) is 0 Å². The number of hydrogen-bond donors (Lipinski definition) is 1. The fraction of sp³-hybridized carbons (Fsp3) is 0.400. The SMILES string of the molecule is C=CCCCN1CCC(C(=O)O)c2ccccc21. The number of unbranched alkanes of at least 4 members (excludes halogenated alkanes) is 1. The fourth-order valence-electron chi connectivity index (χ4n) is 2.55. The van der Waals surface area contributed by atoms with Crippen molar-refractivity contribution in [3.05, 3.63) is 42.5 Å². The molecule has 0 aromatic heterocycles. The number of benzene rings is 1. The van der Waals surface area contributed by atoms with E-state index in [9.17, 15) is 9.90 Å². The van der Waals surface area contributed by atoms with Gasteiger partial charge in [-0.2, -0.15) is 0 Å². The van der Waals surface area contributed by atoms with E-state index >= 15 is 0 Å². The van der Waals surface area contributed by atoms with Crippen LogP contribution in [0.15, 0.2) is 36.9 Å². The molecular weight excluding hydrogens is 226 g/mol. The second kappa shape index (κ2) is 5.71. The van der Waals surface area contributed by atoms with Crippen molar-refractivity contribution in [2.45, 2.75) is 25.2 Å². The van der Waals surface area contributed by atoms with Gasteiger partial charge in [0.05, 0.1) is 5.92 Å². The molecule has 2 rings (SSSR count). The third kappa shape index (κ3) is 2.55. The van der Waals surface area contributed by atoms with Crippen LogP contribution in [0.2, 0.25) is 0 Å². The summed E-state index contributed by atoms with van der Waals surface area (Å²) in [6, 6.07) is 7.86. The van der Waals surface area contributed by atoms with Gasteiger partial charge in [-0.05, 0) is 30.9 Å². The monoisotopic (exact) mass is 245 g/mol. The number of nitrogens with zero attached hydrogens (tertiary/aromatic N) is 1. The lowest BCUT2D eigenvalue weighted by Crippen LogP contribution is -2.34. The standard InChI is InChI=1S/C15H19NO2/c1-2-3-6-10-16-11-9-13(15(17)18)12-7-4-5-8-14(12)16/h2,4-5,7-8,13H,1,3,6,9-11H2,(H,17,18). The summed E-state index contributed by atoms with van der Waals surface area (Å²) in [5.74, 6) is -1.06. The number of carboxylic acid groups (broad SMARTS) is 1. The maximum atomic E-state index is 11.3. The van der Waals surface area contributed by atoms with Crippen molar-refractivity contribution in [1.29, 1.82) is 0 Å². The molecule has 18 heavy (non-hydrogen) atoms. The Morgan fingerprint density at radius 3 is 3.00 bits per heavy atom. The third-order valence-electron chi connectivity index (χ3n) is 3.47. The van der Waals surface area contributed by atoms with Crippen LogP contribution in [0.5, 0.6) is 0 Å². The number of allylic oxidation sites excluding steroid dienone is 1. The van der Waals surface area contributed by atoms with Crippen LogP contribution in [-0.2, 0) is 4.79 Å². The molecule has 1 unspecified atom stereocenters. The Hall–Kier alpha value is -1.77. The molecule has 3 nitrogen and oxygen atoms in total. The lowest BCUT2D eigenvalue weighted by atomic mass is 9.90. The fourth-order valence-corrected chi connectivity index (χ4v) is 2.55. The van der Waals surface area contributed by atoms with Crippen molar-refractivity contribution in [3.63, 3.8) is 0 Å². The molecule has 1 heterocycles. The molecule has 1 aliphatic rings. The van der Waals surface area contributed by atoms with E-state index in [0.717, 1.165) is 37.2 Å². The Morgan fingerprint density at radius 2 is 2.28 bits per heavy atom. The highest BCUT2D eigenvalue weighted by Gasteiger charge is 2.29. The molecule has 1 aromatic rings. The summed E-state index contributed by atoms with van der Waals surface area (Å²) in [4.78, 5) is 13.5. The molecule has 0 amide bonds. The number of fused-ring (bicyclic) bond motifs is 1. The van der Waals surface area contributed by atoms with Crippen molar-refractivity contribution in [2.75, 3.05) is 18.0 Å². The van der Waals surface area contributed by atoms with Crippen molar-refractivity contribution in [3.8, 4) is 0 Å². The van der Waals surface area contributed by atoms with Gasteiger partial charge in [0.25, 0.3) is 0 Å². The first-order chi connectivity index (χ1) is 8.74. The Morgan fingerprint density at radius 1 is 1.50 bits per heavy atom. The molecular formula is C15H19NO2. The molecule has 0 aliphatic carbocycles. The molecule has 0 fully saturated rings. The highest BCUT2D eigenvalue weighted by molar-refractivity contribution is 5.80. The molecule has 96 valence electrons. The smallest absolute Gasteiger partial charge is 0.311 e. The molecule has 0 spiro atoms. The predicted molar refractivity (Wildman–Crippen MR) is 73.1 cm³/mol. The molecule has 0 saturated carbocycles. The molecule has 1 N–H and O–H groups in total. The summed E-state index contributed by atoms with van der Waals surface area (Å²) in [5, 5.41) is 9.25. The van der Waals surface area contributed by atoms with Gasteiger partial charge in [0.15, 0.2) is 0 Å².